The van der Waals surface area contributed by atoms with E-state index in [0.717, 1.165) is 12.1 Å². The highest BCUT2D eigenvalue weighted by Crippen LogP contribution is 2.24. The van der Waals surface area contributed by atoms with E-state index in [0.29, 0.717) is 0 Å². The highest BCUT2D eigenvalue weighted by molar-refractivity contribution is 5.93. The van der Waals surface area contributed by atoms with E-state index < -0.39 is 29.7 Å². The maximum Gasteiger partial charge on any atom is 0.573 e. The van der Waals surface area contributed by atoms with Crippen molar-refractivity contribution in [2.24, 2.45) is 0 Å². The second kappa shape index (κ2) is 7.21. The van der Waals surface area contributed by atoms with Gasteiger partial charge in [-0.2, -0.15) is 0 Å². The molecule has 0 aliphatic heterocycles. The molecule has 0 aromatic heterocycles. The van der Waals surface area contributed by atoms with Crippen LogP contribution in [0.5, 0.6) is 5.75 Å². The number of carboxylic acids is 1. The summed E-state index contributed by atoms with van der Waals surface area (Å²) in [6.07, 6.45) is -4.43. The van der Waals surface area contributed by atoms with Gasteiger partial charge in [-0.25, -0.2) is 9.59 Å². The van der Waals surface area contributed by atoms with Crippen molar-refractivity contribution in [1.29, 1.82) is 0 Å². The molecule has 23 heavy (non-hydrogen) atoms. The number of amides is 2. The first-order valence-electron chi connectivity index (χ1n) is 6.80. The Kier molecular flexibility index (Phi) is 5.83. The molecule has 0 saturated heterocycles. The maximum atomic E-state index is 12.0. The van der Waals surface area contributed by atoms with Crippen molar-refractivity contribution in [3.8, 4) is 5.75 Å². The smallest absolute Gasteiger partial charge is 0.480 e. The molecule has 0 aliphatic rings. The number of ether oxygens (including phenoxy) is 1. The molecule has 0 radical (unpaired) electrons. The number of alkyl halides is 3. The van der Waals surface area contributed by atoms with Crippen molar-refractivity contribution in [2.45, 2.75) is 38.6 Å². The van der Waals surface area contributed by atoms with Gasteiger partial charge in [-0.15, -0.1) is 13.2 Å². The minimum atomic E-state index is -4.80. The van der Waals surface area contributed by atoms with Gasteiger partial charge < -0.3 is 20.5 Å². The third kappa shape index (κ3) is 5.35. The molecule has 0 fully saturated rings. The van der Waals surface area contributed by atoms with Crippen LogP contribution in [0.2, 0.25) is 0 Å². The van der Waals surface area contributed by atoms with Crippen LogP contribution in [0.3, 0.4) is 0 Å². The van der Waals surface area contributed by atoms with Crippen molar-refractivity contribution in [2.75, 3.05) is 5.32 Å². The van der Waals surface area contributed by atoms with E-state index in [1.807, 2.05) is 0 Å². The highest BCUT2D eigenvalue weighted by atomic mass is 19.4. The second-order valence-corrected chi connectivity index (χ2v) is 4.75. The monoisotopic (exact) mass is 334 g/mol. The predicted octanol–water partition coefficient (Wildman–Crippen LogP) is 3.35. The Labute approximate surface area is 130 Å². The molecule has 0 heterocycles. The summed E-state index contributed by atoms with van der Waals surface area (Å²) in [7, 11) is 0. The summed E-state index contributed by atoms with van der Waals surface area (Å²) in [5.74, 6) is -1.59. The van der Waals surface area contributed by atoms with Gasteiger partial charge in [0.15, 0.2) is 0 Å². The van der Waals surface area contributed by atoms with E-state index >= 15 is 0 Å². The van der Waals surface area contributed by atoms with Crippen molar-refractivity contribution < 1.29 is 32.6 Å². The lowest BCUT2D eigenvalue weighted by Gasteiger charge is -2.28. The Morgan fingerprint density at radius 1 is 1.13 bits per heavy atom. The van der Waals surface area contributed by atoms with Gasteiger partial charge in [0.2, 0.25) is 0 Å². The topological polar surface area (TPSA) is 87.7 Å². The minimum Gasteiger partial charge on any atom is -0.480 e. The number of halogens is 3. The molecule has 0 unspecified atom stereocenters. The summed E-state index contributed by atoms with van der Waals surface area (Å²) in [6, 6.07) is 3.73. The van der Waals surface area contributed by atoms with Gasteiger partial charge in [0, 0.05) is 5.69 Å². The Morgan fingerprint density at radius 2 is 1.65 bits per heavy atom. The molecule has 128 valence electrons. The summed E-state index contributed by atoms with van der Waals surface area (Å²) in [5.41, 5.74) is -1.20. The summed E-state index contributed by atoms with van der Waals surface area (Å²) in [6.45, 7) is 3.25. The fraction of sp³-hybridized carbons (Fsp3) is 0.429. The number of hydrogen-bond acceptors (Lipinski definition) is 3. The molecule has 0 aliphatic carbocycles. The zero-order chi connectivity index (χ0) is 17.7. The van der Waals surface area contributed by atoms with Crippen LogP contribution in [0.25, 0.3) is 0 Å². The summed E-state index contributed by atoms with van der Waals surface area (Å²) < 4.78 is 39.8. The fourth-order valence-electron chi connectivity index (χ4n) is 1.90. The lowest BCUT2D eigenvalue weighted by molar-refractivity contribution is -0.274. The third-order valence-corrected chi connectivity index (χ3v) is 3.32. The van der Waals surface area contributed by atoms with E-state index in [9.17, 15) is 27.9 Å². The van der Waals surface area contributed by atoms with Gasteiger partial charge >= 0.3 is 18.4 Å². The molecule has 0 saturated carbocycles. The maximum absolute atomic E-state index is 12.0. The molecular weight excluding hydrogens is 317 g/mol. The normalized spacial score (nSPS) is 11.7. The molecule has 0 spiro atoms. The molecule has 3 N–H and O–H groups in total. The van der Waals surface area contributed by atoms with Gasteiger partial charge in [-0.3, -0.25) is 0 Å². The molecule has 1 aromatic carbocycles. The molecule has 0 atom stereocenters. The summed E-state index contributed by atoms with van der Waals surface area (Å²) in [4.78, 5) is 23.2. The van der Waals surface area contributed by atoms with Crippen LogP contribution in [0, 0.1) is 0 Å². The van der Waals surface area contributed by atoms with Crippen molar-refractivity contribution in [3.63, 3.8) is 0 Å². The van der Waals surface area contributed by atoms with Crippen LogP contribution < -0.4 is 15.4 Å². The Hall–Kier alpha value is -2.45. The van der Waals surface area contributed by atoms with Crippen LogP contribution in [0.1, 0.15) is 26.7 Å². The molecule has 2 amide bonds. The highest BCUT2D eigenvalue weighted by Gasteiger charge is 2.36. The van der Waals surface area contributed by atoms with Gasteiger partial charge in [-0.05, 0) is 37.1 Å². The predicted molar refractivity (Wildman–Crippen MR) is 76.2 cm³/mol. The number of urea groups is 1. The molecule has 1 rings (SSSR count). The number of anilines is 1. The molecule has 9 heteroatoms. The molecule has 6 nitrogen and oxygen atoms in total. The number of hydrogen-bond donors (Lipinski definition) is 3. The first kappa shape index (κ1) is 18.6. The fourth-order valence-corrected chi connectivity index (χ4v) is 1.90. The van der Waals surface area contributed by atoms with E-state index in [4.69, 9.17) is 0 Å². The zero-order valence-electron chi connectivity index (χ0n) is 12.5. The largest absolute Gasteiger partial charge is 0.573 e. The van der Waals surface area contributed by atoms with E-state index in [1.54, 1.807) is 13.8 Å². The number of carbonyl (C=O) groups excluding carboxylic acids is 1. The van der Waals surface area contributed by atoms with E-state index in [1.165, 1.54) is 12.1 Å². The summed E-state index contributed by atoms with van der Waals surface area (Å²) >= 11 is 0. The molecule has 0 bridgehead atoms. The number of nitrogens with one attached hydrogen (secondary N) is 2. The Bertz CT molecular complexity index is 554. The Morgan fingerprint density at radius 3 is 2.04 bits per heavy atom. The van der Waals surface area contributed by atoms with Crippen molar-refractivity contribution in [1.82, 2.24) is 5.32 Å². The van der Waals surface area contributed by atoms with Crippen LogP contribution in [-0.4, -0.2) is 29.0 Å². The lowest BCUT2D eigenvalue weighted by Crippen LogP contribution is -2.54. The van der Waals surface area contributed by atoms with Gasteiger partial charge in [-0.1, -0.05) is 13.8 Å². The van der Waals surface area contributed by atoms with Crippen LogP contribution in [0.4, 0.5) is 23.7 Å². The van der Waals surface area contributed by atoms with Gasteiger partial charge in [0.25, 0.3) is 0 Å². The molecule has 1 aromatic rings. The third-order valence-electron chi connectivity index (χ3n) is 3.32. The van der Waals surface area contributed by atoms with Gasteiger partial charge in [0.05, 0.1) is 0 Å². The standard InChI is InChI=1S/C14H17F3N2O4/c1-3-13(4-2,11(20)21)19-12(22)18-9-5-7-10(8-6-9)23-14(15,16)17/h5-8H,3-4H2,1-2H3,(H,20,21)(H2,18,19,22). The minimum absolute atomic E-state index is 0.185. The number of aliphatic carboxylic acids is 1. The van der Waals surface area contributed by atoms with Crippen LogP contribution in [-0.2, 0) is 4.79 Å². The quantitative estimate of drug-likeness (QED) is 0.744. The van der Waals surface area contributed by atoms with E-state index in [-0.39, 0.29) is 18.5 Å². The number of carboxylic acid groups (broad SMARTS) is 1. The zero-order valence-corrected chi connectivity index (χ0v) is 12.5. The Balaban J connectivity index is 2.72. The number of benzene rings is 1. The van der Waals surface area contributed by atoms with Crippen molar-refractivity contribution in [3.05, 3.63) is 24.3 Å². The number of rotatable bonds is 6. The average Bonchev–Trinajstić information content (AvgIpc) is 2.45. The first-order chi connectivity index (χ1) is 10.6. The average molecular weight is 334 g/mol. The SMILES string of the molecule is CCC(CC)(NC(=O)Nc1ccc(OC(F)(F)F)cc1)C(=O)O. The van der Waals surface area contributed by atoms with Crippen LogP contribution in [0.15, 0.2) is 24.3 Å². The van der Waals surface area contributed by atoms with Gasteiger partial charge in [0.1, 0.15) is 11.3 Å². The van der Waals surface area contributed by atoms with E-state index in [2.05, 4.69) is 15.4 Å². The lowest BCUT2D eigenvalue weighted by atomic mass is 9.93. The summed E-state index contributed by atoms with van der Waals surface area (Å²) in [5, 5.41) is 13.9. The van der Waals surface area contributed by atoms with Crippen LogP contribution >= 0.6 is 0 Å². The first-order valence-corrected chi connectivity index (χ1v) is 6.80. The second-order valence-electron chi connectivity index (χ2n) is 4.75. The molecular formula is C14H17F3N2O4. The van der Waals surface area contributed by atoms with Crippen molar-refractivity contribution >= 4 is 17.7 Å². The number of carbonyl (C=O) groups is 2.